The van der Waals surface area contributed by atoms with Crippen molar-refractivity contribution in [2.45, 2.75) is 51.7 Å². The number of esters is 1. The van der Waals surface area contributed by atoms with Crippen LogP contribution in [-0.2, 0) is 14.3 Å². The molecule has 0 radical (unpaired) electrons. The van der Waals surface area contributed by atoms with Crippen molar-refractivity contribution in [3.8, 4) is 0 Å². The molecule has 2 N–H and O–H groups in total. The summed E-state index contributed by atoms with van der Waals surface area (Å²) in [5.41, 5.74) is 0. The zero-order valence-corrected chi connectivity index (χ0v) is 12.6. The summed E-state index contributed by atoms with van der Waals surface area (Å²) < 4.78 is 5.01. The zero-order valence-electron chi connectivity index (χ0n) is 12.6. The smallest absolute Gasteiger partial charge is 0.328 e. The van der Waals surface area contributed by atoms with Gasteiger partial charge in [0.1, 0.15) is 0 Å². The lowest BCUT2D eigenvalue weighted by molar-refractivity contribution is -0.145. The lowest BCUT2D eigenvalue weighted by Gasteiger charge is -2.10. The Labute approximate surface area is 125 Å². The number of aliphatic carboxylic acids is 1. The Hall–Kier alpha value is -1.88. The average molecular weight is 296 g/mol. The molecular formula is C16H24O5. The van der Waals surface area contributed by atoms with Gasteiger partial charge in [0.25, 0.3) is 0 Å². The molecule has 0 spiro atoms. The highest BCUT2D eigenvalue weighted by molar-refractivity contribution is 5.80. The molecule has 118 valence electrons. The van der Waals surface area contributed by atoms with Crippen LogP contribution < -0.4 is 0 Å². The van der Waals surface area contributed by atoms with E-state index < -0.39 is 12.1 Å². The van der Waals surface area contributed by atoms with Crippen LogP contribution in [0.4, 0.5) is 0 Å². The lowest BCUT2D eigenvalue weighted by Crippen LogP contribution is -2.11. The molecule has 21 heavy (non-hydrogen) atoms. The first-order valence-corrected chi connectivity index (χ1v) is 7.00. The molecule has 0 fully saturated rings. The summed E-state index contributed by atoms with van der Waals surface area (Å²) in [6, 6.07) is 0. The van der Waals surface area contributed by atoms with Crippen LogP contribution in [0.5, 0.6) is 0 Å². The van der Waals surface area contributed by atoms with Crippen molar-refractivity contribution < 1.29 is 24.5 Å². The molecule has 0 bridgehead atoms. The summed E-state index contributed by atoms with van der Waals surface area (Å²) in [6.07, 6.45) is 11.7. The number of rotatable bonds is 10. The van der Waals surface area contributed by atoms with E-state index in [1.165, 1.54) is 25.2 Å². The normalized spacial score (nSPS) is 14.8. The number of aliphatic hydroxyl groups is 1. The molecular weight excluding hydrogens is 272 g/mol. The number of carboxylic acids is 1. The van der Waals surface area contributed by atoms with Crippen molar-refractivity contribution >= 4 is 11.9 Å². The van der Waals surface area contributed by atoms with Crippen LogP contribution in [0, 0.1) is 0 Å². The number of carboxylic acid groups (broad SMARTS) is 1. The van der Waals surface area contributed by atoms with Gasteiger partial charge in [-0.15, -0.1) is 0 Å². The van der Waals surface area contributed by atoms with Crippen molar-refractivity contribution in [3.05, 3.63) is 36.5 Å². The van der Waals surface area contributed by atoms with Gasteiger partial charge in [-0.25, -0.2) is 4.79 Å². The molecule has 0 saturated heterocycles. The van der Waals surface area contributed by atoms with E-state index in [4.69, 9.17) is 9.84 Å². The molecule has 0 amide bonds. The van der Waals surface area contributed by atoms with Crippen LogP contribution in [0.15, 0.2) is 36.5 Å². The molecule has 5 nitrogen and oxygen atoms in total. The third-order valence-electron chi connectivity index (χ3n) is 2.58. The Morgan fingerprint density at radius 2 is 1.95 bits per heavy atom. The van der Waals surface area contributed by atoms with Gasteiger partial charge in [0, 0.05) is 13.0 Å². The molecule has 0 aliphatic heterocycles. The maximum Gasteiger partial charge on any atom is 0.328 e. The van der Waals surface area contributed by atoms with Crippen LogP contribution in [0.25, 0.3) is 0 Å². The van der Waals surface area contributed by atoms with E-state index in [0.717, 1.165) is 25.3 Å². The number of hydrogen-bond donors (Lipinski definition) is 2. The Morgan fingerprint density at radius 1 is 1.24 bits per heavy atom. The van der Waals surface area contributed by atoms with Crippen molar-refractivity contribution in [1.82, 2.24) is 0 Å². The SMILES string of the molecule is CC(=O)O[C@H](C)CCC/C=C/C[C@H](O)/C=C/C=C/C(=O)O. The standard InChI is InChI=1S/C16H24O5/c1-13(21-14(2)17)9-5-3-4-6-10-15(18)11-7-8-12-16(19)20/h4,6-8,11-13,15,18H,3,5,9-10H2,1-2H3,(H,19,20)/b6-4+,11-7+,12-8+/t13-,15+/m1/s1. The molecule has 2 atom stereocenters. The van der Waals surface area contributed by atoms with Gasteiger partial charge in [0.05, 0.1) is 12.2 Å². The fraction of sp³-hybridized carbons (Fsp3) is 0.500. The predicted octanol–water partition coefficient (Wildman–Crippen LogP) is 2.61. The summed E-state index contributed by atoms with van der Waals surface area (Å²) >= 11 is 0. The summed E-state index contributed by atoms with van der Waals surface area (Å²) in [5.74, 6) is -1.28. The van der Waals surface area contributed by atoms with Gasteiger partial charge in [-0.1, -0.05) is 30.4 Å². The van der Waals surface area contributed by atoms with Crippen LogP contribution >= 0.6 is 0 Å². The summed E-state index contributed by atoms with van der Waals surface area (Å²) in [4.78, 5) is 20.9. The first-order valence-electron chi connectivity index (χ1n) is 7.00. The van der Waals surface area contributed by atoms with Crippen LogP contribution in [-0.4, -0.2) is 34.4 Å². The summed E-state index contributed by atoms with van der Waals surface area (Å²) in [7, 11) is 0. The minimum absolute atomic E-state index is 0.0644. The van der Waals surface area contributed by atoms with Crippen molar-refractivity contribution in [3.63, 3.8) is 0 Å². The van der Waals surface area contributed by atoms with E-state index in [1.807, 2.05) is 19.1 Å². The minimum Gasteiger partial charge on any atom is -0.478 e. The largest absolute Gasteiger partial charge is 0.478 e. The first-order chi connectivity index (χ1) is 9.91. The van der Waals surface area contributed by atoms with Gasteiger partial charge < -0.3 is 14.9 Å². The second kappa shape index (κ2) is 11.9. The first kappa shape index (κ1) is 19.1. The molecule has 0 unspecified atom stereocenters. The number of ether oxygens (including phenoxy) is 1. The van der Waals surface area contributed by atoms with E-state index in [-0.39, 0.29) is 12.1 Å². The highest BCUT2D eigenvalue weighted by Crippen LogP contribution is 2.06. The maximum atomic E-state index is 10.7. The van der Waals surface area contributed by atoms with Crippen molar-refractivity contribution in [2.24, 2.45) is 0 Å². The number of aliphatic hydroxyl groups excluding tert-OH is 1. The quantitative estimate of drug-likeness (QED) is 0.213. The second-order valence-electron chi connectivity index (χ2n) is 4.71. The van der Waals surface area contributed by atoms with Crippen molar-refractivity contribution in [2.75, 3.05) is 0 Å². The van der Waals surface area contributed by atoms with E-state index in [2.05, 4.69) is 0 Å². The summed E-state index contributed by atoms with van der Waals surface area (Å²) in [6.45, 7) is 3.27. The zero-order chi connectivity index (χ0) is 16.1. The van der Waals surface area contributed by atoms with E-state index in [1.54, 1.807) is 0 Å². The second-order valence-corrected chi connectivity index (χ2v) is 4.71. The number of unbranched alkanes of at least 4 members (excludes halogenated alkanes) is 1. The van der Waals surface area contributed by atoms with Crippen LogP contribution in [0.3, 0.4) is 0 Å². The number of carbonyl (C=O) groups excluding carboxylic acids is 1. The Balaban J connectivity index is 3.71. The number of hydrogen-bond acceptors (Lipinski definition) is 4. The molecule has 0 rings (SSSR count). The van der Waals surface area contributed by atoms with Gasteiger partial charge in [-0.2, -0.15) is 0 Å². The van der Waals surface area contributed by atoms with E-state index in [9.17, 15) is 14.7 Å². The van der Waals surface area contributed by atoms with Crippen LogP contribution in [0.1, 0.15) is 39.5 Å². The van der Waals surface area contributed by atoms with Gasteiger partial charge in [-0.05, 0) is 32.6 Å². The molecule has 0 aromatic heterocycles. The number of carbonyl (C=O) groups is 2. The highest BCUT2D eigenvalue weighted by atomic mass is 16.5. The van der Waals surface area contributed by atoms with E-state index in [0.29, 0.717) is 6.42 Å². The molecule has 0 heterocycles. The molecule has 0 aromatic rings. The van der Waals surface area contributed by atoms with Gasteiger partial charge in [-0.3, -0.25) is 4.79 Å². The molecule has 5 heteroatoms. The van der Waals surface area contributed by atoms with E-state index >= 15 is 0 Å². The average Bonchev–Trinajstić information content (AvgIpc) is 2.37. The predicted molar refractivity (Wildman–Crippen MR) is 80.8 cm³/mol. The third-order valence-corrected chi connectivity index (χ3v) is 2.58. The maximum absolute atomic E-state index is 10.7. The van der Waals surface area contributed by atoms with Gasteiger partial charge in [0.2, 0.25) is 0 Å². The molecule has 0 aliphatic carbocycles. The Morgan fingerprint density at radius 3 is 2.57 bits per heavy atom. The van der Waals surface area contributed by atoms with Crippen molar-refractivity contribution in [1.29, 1.82) is 0 Å². The van der Waals surface area contributed by atoms with Gasteiger partial charge in [0.15, 0.2) is 0 Å². The molecule has 0 aromatic carbocycles. The highest BCUT2D eigenvalue weighted by Gasteiger charge is 2.03. The Kier molecular flexibility index (Phi) is 10.8. The number of allylic oxidation sites excluding steroid dienone is 3. The van der Waals surface area contributed by atoms with Gasteiger partial charge >= 0.3 is 11.9 Å². The topological polar surface area (TPSA) is 83.8 Å². The fourth-order valence-corrected chi connectivity index (χ4v) is 1.63. The monoisotopic (exact) mass is 296 g/mol. The lowest BCUT2D eigenvalue weighted by atomic mass is 10.1. The Bertz CT molecular complexity index is 395. The van der Waals surface area contributed by atoms with Crippen LogP contribution in [0.2, 0.25) is 0 Å². The molecule has 0 saturated carbocycles. The minimum atomic E-state index is -1.02. The molecule has 0 aliphatic rings. The third kappa shape index (κ3) is 14.3. The summed E-state index contributed by atoms with van der Waals surface area (Å²) in [5, 5.41) is 17.9. The fourth-order valence-electron chi connectivity index (χ4n) is 1.63.